The van der Waals surface area contributed by atoms with Gasteiger partial charge in [-0.05, 0) is 50.2 Å². The van der Waals surface area contributed by atoms with Gasteiger partial charge in [0.25, 0.3) is 0 Å². The normalized spacial score (nSPS) is 10.5. The summed E-state index contributed by atoms with van der Waals surface area (Å²) in [5.74, 6) is 0.424. The maximum absolute atomic E-state index is 12.3. The molecule has 0 unspecified atom stereocenters. The van der Waals surface area contributed by atoms with Crippen LogP contribution in [-0.4, -0.2) is 39.5 Å². The molecule has 1 aromatic heterocycles. The maximum Gasteiger partial charge on any atom is 0.337 e. The van der Waals surface area contributed by atoms with E-state index < -0.39 is 5.97 Å². The Morgan fingerprint density at radius 2 is 1.71 bits per heavy atom. The van der Waals surface area contributed by atoms with Crippen LogP contribution < -0.4 is 10.6 Å². The summed E-state index contributed by atoms with van der Waals surface area (Å²) in [6.07, 6.45) is 0. The topological polar surface area (TPSA) is 98.1 Å². The monoisotopic (exact) mass is 439 g/mol. The van der Waals surface area contributed by atoms with Crippen molar-refractivity contribution < 1.29 is 14.3 Å². The van der Waals surface area contributed by atoms with Gasteiger partial charge in [0.15, 0.2) is 11.0 Å². The van der Waals surface area contributed by atoms with Crippen LogP contribution in [0.15, 0.2) is 53.7 Å². The van der Waals surface area contributed by atoms with Crippen molar-refractivity contribution in [3.63, 3.8) is 0 Å². The molecule has 1 amide bonds. The fourth-order valence-electron chi connectivity index (χ4n) is 2.86. The molecule has 0 aliphatic carbocycles. The van der Waals surface area contributed by atoms with Crippen molar-refractivity contribution in [2.24, 2.45) is 0 Å². The smallest absolute Gasteiger partial charge is 0.337 e. The van der Waals surface area contributed by atoms with E-state index in [-0.39, 0.29) is 11.7 Å². The lowest BCUT2D eigenvalue weighted by atomic mass is 10.2. The minimum absolute atomic E-state index is 0.166. The quantitative estimate of drug-likeness (QED) is 0.387. The number of aryl methyl sites for hydroxylation is 1. The number of carbonyl (C=O) groups is 2. The number of anilines is 2. The van der Waals surface area contributed by atoms with Crippen LogP contribution in [0.5, 0.6) is 0 Å². The minimum Gasteiger partial charge on any atom is -0.465 e. The van der Waals surface area contributed by atoms with E-state index in [0.29, 0.717) is 29.5 Å². The molecule has 0 saturated heterocycles. The van der Waals surface area contributed by atoms with Crippen LogP contribution in [0.1, 0.15) is 28.7 Å². The van der Waals surface area contributed by atoms with Gasteiger partial charge in [-0.25, -0.2) is 4.79 Å². The summed E-state index contributed by atoms with van der Waals surface area (Å²) in [6.45, 7) is 5.32. The molecule has 0 aliphatic rings. The van der Waals surface area contributed by atoms with Crippen LogP contribution >= 0.6 is 11.8 Å². The molecule has 0 aliphatic heterocycles. The molecule has 0 atom stereocenters. The highest BCUT2D eigenvalue weighted by molar-refractivity contribution is 7.99. The number of ether oxygens (including phenoxy) is 1. The first-order chi connectivity index (χ1) is 15.0. The summed E-state index contributed by atoms with van der Waals surface area (Å²) < 4.78 is 6.66. The van der Waals surface area contributed by atoms with Crippen molar-refractivity contribution in [1.82, 2.24) is 14.8 Å². The fraction of sp³-hybridized carbons (Fsp3) is 0.273. The second kappa shape index (κ2) is 10.6. The lowest BCUT2D eigenvalue weighted by molar-refractivity contribution is -0.113. The van der Waals surface area contributed by atoms with E-state index in [1.54, 1.807) is 24.3 Å². The average Bonchev–Trinajstić information content (AvgIpc) is 3.19. The maximum atomic E-state index is 12.3. The molecule has 3 rings (SSSR count). The van der Waals surface area contributed by atoms with Crippen molar-refractivity contribution in [3.8, 4) is 0 Å². The van der Waals surface area contributed by atoms with Gasteiger partial charge in [0.1, 0.15) is 0 Å². The molecule has 8 nitrogen and oxygen atoms in total. The van der Waals surface area contributed by atoms with Crippen LogP contribution in [-0.2, 0) is 22.6 Å². The molecular weight excluding hydrogens is 414 g/mol. The standard InChI is InChI=1S/C22H25N5O3S/c1-4-27-19(13-23-17-9-5-15(2)6-10-17)25-26-22(27)31-14-20(28)24-18-11-7-16(8-12-18)21(29)30-3/h5-12,23H,4,13-14H2,1-3H3,(H,24,28). The SMILES string of the molecule is CCn1c(CNc2ccc(C)cc2)nnc1SCC(=O)Nc1ccc(C(=O)OC)cc1. The molecule has 31 heavy (non-hydrogen) atoms. The number of nitrogens with zero attached hydrogens (tertiary/aromatic N) is 3. The Balaban J connectivity index is 1.54. The zero-order chi connectivity index (χ0) is 22.2. The van der Waals surface area contributed by atoms with Gasteiger partial charge < -0.3 is 19.9 Å². The van der Waals surface area contributed by atoms with E-state index in [4.69, 9.17) is 0 Å². The van der Waals surface area contributed by atoms with E-state index >= 15 is 0 Å². The molecule has 9 heteroatoms. The predicted molar refractivity (Wildman–Crippen MR) is 121 cm³/mol. The molecule has 1 heterocycles. The number of methoxy groups -OCH3 is 1. The van der Waals surface area contributed by atoms with E-state index in [1.807, 2.05) is 23.6 Å². The van der Waals surface area contributed by atoms with Gasteiger partial charge in [-0.15, -0.1) is 10.2 Å². The van der Waals surface area contributed by atoms with Crippen molar-refractivity contribution >= 4 is 35.0 Å². The number of hydrogen-bond donors (Lipinski definition) is 2. The number of rotatable bonds is 9. The molecule has 0 bridgehead atoms. The van der Waals surface area contributed by atoms with Crippen molar-refractivity contribution in [3.05, 3.63) is 65.5 Å². The zero-order valence-corrected chi connectivity index (χ0v) is 18.5. The Morgan fingerprint density at radius 3 is 2.35 bits per heavy atom. The third-order valence-corrected chi connectivity index (χ3v) is 5.50. The number of benzene rings is 2. The van der Waals surface area contributed by atoms with Crippen LogP contribution in [0.25, 0.3) is 0 Å². The lowest BCUT2D eigenvalue weighted by Crippen LogP contribution is -2.15. The summed E-state index contributed by atoms with van der Waals surface area (Å²) in [4.78, 5) is 23.8. The zero-order valence-electron chi connectivity index (χ0n) is 17.7. The highest BCUT2D eigenvalue weighted by atomic mass is 32.2. The average molecular weight is 440 g/mol. The van der Waals surface area contributed by atoms with Crippen molar-refractivity contribution in [1.29, 1.82) is 0 Å². The number of thioether (sulfide) groups is 1. The Hall–Kier alpha value is -3.33. The third-order valence-electron chi connectivity index (χ3n) is 4.53. The van der Waals surface area contributed by atoms with Gasteiger partial charge >= 0.3 is 5.97 Å². The first-order valence-electron chi connectivity index (χ1n) is 9.83. The number of esters is 1. The molecule has 0 radical (unpaired) electrons. The summed E-state index contributed by atoms with van der Waals surface area (Å²) >= 11 is 1.33. The molecule has 0 saturated carbocycles. The number of carbonyl (C=O) groups excluding carboxylic acids is 2. The number of nitrogens with one attached hydrogen (secondary N) is 2. The highest BCUT2D eigenvalue weighted by Gasteiger charge is 2.13. The van der Waals surface area contributed by atoms with Gasteiger partial charge in [-0.2, -0.15) is 0 Å². The Bertz CT molecular complexity index is 1030. The third kappa shape index (κ3) is 6.08. The Kier molecular flexibility index (Phi) is 7.66. The van der Waals surface area contributed by atoms with Gasteiger partial charge in [-0.1, -0.05) is 29.5 Å². The minimum atomic E-state index is -0.417. The molecule has 2 N–H and O–H groups in total. The van der Waals surface area contributed by atoms with Crippen LogP contribution in [0.2, 0.25) is 0 Å². The second-order valence-electron chi connectivity index (χ2n) is 6.77. The molecule has 0 spiro atoms. The Labute approximate surface area is 185 Å². The number of amides is 1. The second-order valence-corrected chi connectivity index (χ2v) is 7.71. The predicted octanol–water partition coefficient (Wildman–Crippen LogP) is 3.74. The number of hydrogen-bond acceptors (Lipinski definition) is 7. The molecular formula is C22H25N5O3S. The van der Waals surface area contributed by atoms with Crippen molar-refractivity contribution in [2.45, 2.75) is 32.1 Å². The highest BCUT2D eigenvalue weighted by Crippen LogP contribution is 2.19. The fourth-order valence-corrected chi connectivity index (χ4v) is 3.68. The van der Waals surface area contributed by atoms with E-state index in [0.717, 1.165) is 11.5 Å². The summed E-state index contributed by atoms with van der Waals surface area (Å²) in [7, 11) is 1.33. The van der Waals surface area contributed by atoms with Crippen LogP contribution in [0.4, 0.5) is 11.4 Å². The van der Waals surface area contributed by atoms with Crippen LogP contribution in [0.3, 0.4) is 0 Å². The summed E-state index contributed by atoms with van der Waals surface area (Å²) in [6, 6.07) is 14.7. The van der Waals surface area contributed by atoms with Gasteiger partial charge in [0.05, 0.1) is 25.0 Å². The first kappa shape index (κ1) is 22.4. The lowest BCUT2D eigenvalue weighted by Gasteiger charge is -2.09. The van der Waals surface area contributed by atoms with E-state index in [9.17, 15) is 9.59 Å². The summed E-state index contributed by atoms with van der Waals surface area (Å²) in [5, 5.41) is 15.4. The first-order valence-corrected chi connectivity index (χ1v) is 10.8. The van der Waals surface area contributed by atoms with Crippen LogP contribution in [0, 0.1) is 6.92 Å². The van der Waals surface area contributed by atoms with Gasteiger partial charge in [-0.3, -0.25) is 4.79 Å². The van der Waals surface area contributed by atoms with E-state index in [2.05, 4.69) is 44.6 Å². The Morgan fingerprint density at radius 1 is 1.03 bits per heavy atom. The molecule has 0 fully saturated rings. The van der Waals surface area contributed by atoms with Crippen molar-refractivity contribution in [2.75, 3.05) is 23.5 Å². The largest absolute Gasteiger partial charge is 0.465 e. The summed E-state index contributed by atoms with van der Waals surface area (Å²) in [5.41, 5.74) is 3.26. The van der Waals surface area contributed by atoms with Gasteiger partial charge in [0.2, 0.25) is 5.91 Å². The molecule has 162 valence electrons. The molecule has 3 aromatic rings. The van der Waals surface area contributed by atoms with Gasteiger partial charge in [0, 0.05) is 17.9 Å². The molecule has 2 aromatic carbocycles. The number of aromatic nitrogens is 3. The van der Waals surface area contributed by atoms with E-state index in [1.165, 1.54) is 24.4 Å².